The second-order valence-electron chi connectivity index (χ2n) is 5.18. The molecule has 0 spiro atoms. The van der Waals surface area contributed by atoms with Gasteiger partial charge in [-0.15, -0.1) is 0 Å². The van der Waals surface area contributed by atoms with Crippen molar-refractivity contribution in [3.63, 3.8) is 0 Å². The summed E-state index contributed by atoms with van der Waals surface area (Å²) in [5.74, 6) is -0.982. The highest BCUT2D eigenvalue weighted by molar-refractivity contribution is 5.37. The van der Waals surface area contributed by atoms with Crippen molar-refractivity contribution in [3.05, 3.63) is 70.3 Å². The zero-order chi connectivity index (χ0) is 15.4. The standard InChI is InChI=1S/C18H21F2N/c1-4-13-7-9-14(10-8-13)18(21-5-2)16-15(19)11-6-12(3)17(16)20/h6-11,18,21H,4-5H2,1-3H3. The van der Waals surface area contributed by atoms with Crippen molar-refractivity contribution in [1.29, 1.82) is 0 Å². The number of hydrogen-bond acceptors (Lipinski definition) is 1. The normalized spacial score (nSPS) is 12.4. The van der Waals surface area contributed by atoms with Crippen LogP contribution >= 0.6 is 0 Å². The van der Waals surface area contributed by atoms with Crippen molar-refractivity contribution in [2.24, 2.45) is 0 Å². The Hall–Kier alpha value is -1.74. The van der Waals surface area contributed by atoms with Gasteiger partial charge >= 0.3 is 0 Å². The van der Waals surface area contributed by atoms with Crippen LogP contribution in [-0.4, -0.2) is 6.54 Å². The highest BCUT2D eigenvalue weighted by Crippen LogP contribution is 2.28. The lowest BCUT2D eigenvalue weighted by Gasteiger charge is -2.21. The van der Waals surface area contributed by atoms with Gasteiger partial charge in [0.15, 0.2) is 0 Å². The summed E-state index contributed by atoms with van der Waals surface area (Å²) in [6.07, 6.45) is 0.944. The van der Waals surface area contributed by atoms with Gasteiger partial charge in [-0.3, -0.25) is 0 Å². The lowest BCUT2D eigenvalue weighted by Crippen LogP contribution is -2.24. The van der Waals surface area contributed by atoms with Gasteiger partial charge in [0.25, 0.3) is 0 Å². The summed E-state index contributed by atoms with van der Waals surface area (Å²) in [5, 5.41) is 3.18. The van der Waals surface area contributed by atoms with E-state index in [1.807, 2.05) is 31.2 Å². The molecule has 1 unspecified atom stereocenters. The van der Waals surface area contributed by atoms with Crippen molar-refractivity contribution in [2.45, 2.75) is 33.2 Å². The van der Waals surface area contributed by atoms with Crippen molar-refractivity contribution >= 4 is 0 Å². The monoisotopic (exact) mass is 289 g/mol. The Kier molecular flexibility index (Phi) is 5.07. The van der Waals surface area contributed by atoms with Gasteiger partial charge in [-0.1, -0.05) is 44.2 Å². The van der Waals surface area contributed by atoms with Crippen LogP contribution in [0.5, 0.6) is 0 Å². The van der Waals surface area contributed by atoms with Crippen LogP contribution < -0.4 is 5.32 Å². The molecule has 1 atom stereocenters. The SMILES string of the molecule is CCNC(c1ccc(CC)cc1)c1c(F)ccc(C)c1F. The predicted octanol–water partition coefficient (Wildman–Crippen LogP) is 4.53. The molecule has 0 saturated carbocycles. The van der Waals surface area contributed by atoms with Gasteiger partial charge in [0.2, 0.25) is 0 Å². The Balaban J connectivity index is 2.50. The molecule has 0 aliphatic carbocycles. The molecule has 0 aliphatic heterocycles. The van der Waals surface area contributed by atoms with Crippen molar-refractivity contribution in [3.8, 4) is 0 Å². The summed E-state index contributed by atoms with van der Waals surface area (Å²) in [6, 6.07) is 10.2. The van der Waals surface area contributed by atoms with Crippen LogP contribution in [-0.2, 0) is 6.42 Å². The lowest BCUT2D eigenvalue weighted by atomic mass is 9.95. The first-order valence-corrected chi connectivity index (χ1v) is 7.35. The Morgan fingerprint density at radius 1 is 1.00 bits per heavy atom. The number of aryl methyl sites for hydroxylation is 2. The van der Waals surface area contributed by atoms with E-state index in [1.165, 1.54) is 17.7 Å². The number of hydrogen-bond donors (Lipinski definition) is 1. The highest BCUT2D eigenvalue weighted by atomic mass is 19.1. The van der Waals surface area contributed by atoms with Crippen LogP contribution in [0.25, 0.3) is 0 Å². The van der Waals surface area contributed by atoms with E-state index in [-0.39, 0.29) is 5.56 Å². The first kappa shape index (κ1) is 15.6. The van der Waals surface area contributed by atoms with Gasteiger partial charge in [0, 0.05) is 5.56 Å². The van der Waals surface area contributed by atoms with Gasteiger partial charge in [0.1, 0.15) is 11.6 Å². The van der Waals surface area contributed by atoms with E-state index in [0.29, 0.717) is 12.1 Å². The maximum absolute atomic E-state index is 14.4. The van der Waals surface area contributed by atoms with Gasteiger partial charge in [-0.05, 0) is 42.6 Å². The summed E-state index contributed by atoms with van der Waals surface area (Å²) in [6.45, 7) is 6.30. The molecule has 112 valence electrons. The molecular weight excluding hydrogens is 268 g/mol. The second-order valence-corrected chi connectivity index (χ2v) is 5.18. The minimum absolute atomic E-state index is 0.0982. The molecule has 3 heteroatoms. The van der Waals surface area contributed by atoms with Gasteiger partial charge in [0.05, 0.1) is 6.04 Å². The number of rotatable bonds is 5. The molecule has 0 amide bonds. The van der Waals surface area contributed by atoms with E-state index in [1.54, 1.807) is 6.92 Å². The third-order valence-corrected chi connectivity index (χ3v) is 3.74. The molecule has 2 aromatic rings. The van der Waals surface area contributed by atoms with Crippen LogP contribution in [0, 0.1) is 18.6 Å². The van der Waals surface area contributed by atoms with Crippen molar-refractivity contribution < 1.29 is 8.78 Å². The van der Waals surface area contributed by atoms with Crippen LogP contribution in [0.1, 0.15) is 42.1 Å². The summed E-state index contributed by atoms with van der Waals surface area (Å²) in [4.78, 5) is 0. The Morgan fingerprint density at radius 2 is 1.67 bits per heavy atom. The van der Waals surface area contributed by atoms with Gasteiger partial charge in [-0.25, -0.2) is 8.78 Å². The molecule has 0 fully saturated rings. The molecule has 0 saturated heterocycles. The summed E-state index contributed by atoms with van der Waals surface area (Å²) >= 11 is 0. The largest absolute Gasteiger partial charge is 0.306 e. The fourth-order valence-corrected chi connectivity index (χ4v) is 2.48. The van der Waals surface area contributed by atoms with Crippen LogP contribution in [0.3, 0.4) is 0 Å². The lowest BCUT2D eigenvalue weighted by molar-refractivity contribution is 0.506. The number of nitrogens with one attached hydrogen (secondary N) is 1. The highest BCUT2D eigenvalue weighted by Gasteiger charge is 2.22. The van der Waals surface area contributed by atoms with E-state index >= 15 is 0 Å². The van der Waals surface area contributed by atoms with Gasteiger partial charge < -0.3 is 5.32 Å². The molecule has 0 aliphatic rings. The molecule has 2 rings (SSSR count). The third-order valence-electron chi connectivity index (χ3n) is 3.74. The van der Waals surface area contributed by atoms with E-state index in [4.69, 9.17) is 0 Å². The molecule has 0 heterocycles. The first-order valence-electron chi connectivity index (χ1n) is 7.35. The number of benzene rings is 2. The fraction of sp³-hybridized carbons (Fsp3) is 0.333. The van der Waals surface area contributed by atoms with E-state index in [2.05, 4.69) is 12.2 Å². The van der Waals surface area contributed by atoms with Crippen LogP contribution in [0.4, 0.5) is 8.78 Å². The molecule has 1 N–H and O–H groups in total. The maximum Gasteiger partial charge on any atom is 0.134 e. The molecule has 0 radical (unpaired) electrons. The third kappa shape index (κ3) is 3.30. The molecule has 0 bridgehead atoms. The first-order chi connectivity index (χ1) is 10.1. The number of halogens is 2. The van der Waals surface area contributed by atoms with E-state index < -0.39 is 17.7 Å². The molecule has 21 heavy (non-hydrogen) atoms. The average Bonchev–Trinajstić information content (AvgIpc) is 2.50. The Labute approximate surface area is 125 Å². The second kappa shape index (κ2) is 6.81. The van der Waals surface area contributed by atoms with Crippen molar-refractivity contribution in [2.75, 3.05) is 6.54 Å². The summed E-state index contributed by atoms with van der Waals surface area (Å²) in [7, 11) is 0. The summed E-state index contributed by atoms with van der Waals surface area (Å²) < 4.78 is 28.5. The van der Waals surface area contributed by atoms with Gasteiger partial charge in [-0.2, -0.15) is 0 Å². The maximum atomic E-state index is 14.4. The van der Waals surface area contributed by atoms with Crippen LogP contribution in [0.15, 0.2) is 36.4 Å². The average molecular weight is 289 g/mol. The minimum atomic E-state index is -0.511. The van der Waals surface area contributed by atoms with E-state index in [0.717, 1.165) is 12.0 Å². The fourth-order valence-electron chi connectivity index (χ4n) is 2.48. The zero-order valence-electron chi connectivity index (χ0n) is 12.7. The predicted molar refractivity (Wildman–Crippen MR) is 82.4 cm³/mol. The molecular formula is C18H21F2N. The summed E-state index contributed by atoms with van der Waals surface area (Å²) in [5.41, 5.74) is 2.64. The topological polar surface area (TPSA) is 12.0 Å². The van der Waals surface area contributed by atoms with Crippen LogP contribution in [0.2, 0.25) is 0 Å². The quantitative estimate of drug-likeness (QED) is 0.852. The molecule has 0 aromatic heterocycles. The Bertz CT molecular complexity index is 605. The zero-order valence-corrected chi connectivity index (χ0v) is 12.7. The molecule has 2 aromatic carbocycles. The Morgan fingerprint density at radius 3 is 2.24 bits per heavy atom. The van der Waals surface area contributed by atoms with Crippen molar-refractivity contribution in [1.82, 2.24) is 5.32 Å². The molecule has 1 nitrogen and oxygen atoms in total. The van der Waals surface area contributed by atoms with E-state index in [9.17, 15) is 8.78 Å². The minimum Gasteiger partial charge on any atom is -0.306 e. The smallest absolute Gasteiger partial charge is 0.134 e.